The number of benzene rings is 2. The third-order valence-corrected chi connectivity index (χ3v) is 2.63. The third kappa shape index (κ3) is 3.28. The van der Waals surface area contributed by atoms with E-state index in [-0.39, 0.29) is 5.82 Å². The first kappa shape index (κ1) is 12.5. The van der Waals surface area contributed by atoms with Crippen LogP contribution in [0.5, 0.6) is 0 Å². The van der Waals surface area contributed by atoms with Gasteiger partial charge in [-0.15, -0.1) is 0 Å². The molecule has 2 aromatic rings. The third-order valence-electron chi connectivity index (χ3n) is 2.63. The summed E-state index contributed by atoms with van der Waals surface area (Å²) in [4.78, 5) is 0. The number of hydrogen-bond acceptors (Lipinski definition) is 1. The SMILES string of the molecule is C[C@@H](O)C=Cc1cccc(-c2ccc(F)cc2)c1. The molecule has 1 N–H and O–H groups in total. The number of rotatable bonds is 3. The maximum Gasteiger partial charge on any atom is 0.123 e. The van der Waals surface area contributed by atoms with Gasteiger partial charge in [-0.2, -0.15) is 0 Å². The van der Waals surface area contributed by atoms with E-state index >= 15 is 0 Å². The van der Waals surface area contributed by atoms with E-state index in [1.165, 1.54) is 12.1 Å². The molecule has 1 atom stereocenters. The van der Waals surface area contributed by atoms with Crippen molar-refractivity contribution in [1.29, 1.82) is 0 Å². The van der Waals surface area contributed by atoms with Crippen LogP contribution in [-0.4, -0.2) is 11.2 Å². The van der Waals surface area contributed by atoms with E-state index in [4.69, 9.17) is 0 Å². The molecule has 0 amide bonds. The molecular formula is C16H15FO. The van der Waals surface area contributed by atoms with Crippen LogP contribution in [0.2, 0.25) is 0 Å². The number of aliphatic hydroxyl groups excluding tert-OH is 1. The molecule has 2 aromatic carbocycles. The molecule has 0 spiro atoms. The van der Waals surface area contributed by atoms with E-state index in [1.807, 2.05) is 30.3 Å². The van der Waals surface area contributed by atoms with Crippen LogP contribution < -0.4 is 0 Å². The summed E-state index contributed by atoms with van der Waals surface area (Å²) in [5, 5.41) is 9.20. The van der Waals surface area contributed by atoms with Gasteiger partial charge < -0.3 is 5.11 Å². The van der Waals surface area contributed by atoms with Gasteiger partial charge in [0.2, 0.25) is 0 Å². The van der Waals surface area contributed by atoms with Crippen LogP contribution in [0.3, 0.4) is 0 Å². The van der Waals surface area contributed by atoms with Crippen LogP contribution in [0, 0.1) is 5.82 Å². The molecule has 0 unspecified atom stereocenters. The minimum Gasteiger partial charge on any atom is -0.389 e. The highest BCUT2D eigenvalue weighted by molar-refractivity contribution is 5.67. The molecule has 2 heteroatoms. The van der Waals surface area contributed by atoms with Crippen LogP contribution in [-0.2, 0) is 0 Å². The smallest absolute Gasteiger partial charge is 0.123 e. The molecule has 0 aliphatic carbocycles. The second-order valence-electron chi connectivity index (χ2n) is 4.23. The molecule has 0 aliphatic heterocycles. The van der Waals surface area contributed by atoms with Crippen LogP contribution >= 0.6 is 0 Å². The van der Waals surface area contributed by atoms with E-state index in [2.05, 4.69) is 0 Å². The first-order valence-corrected chi connectivity index (χ1v) is 5.87. The fraction of sp³-hybridized carbons (Fsp3) is 0.125. The van der Waals surface area contributed by atoms with Crippen molar-refractivity contribution in [3.63, 3.8) is 0 Å². The average Bonchev–Trinajstić information content (AvgIpc) is 2.37. The Balaban J connectivity index is 2.29. The van der Waals surface area contributed by atoms with Gasteiger partial charge in [-0.3, -0.25) is 0 Å². The van der Waals surface area contributed by atoms with E-state index < -0.39 is 6.10 Å². The van der Waals surface area contributed by atoms with Crippen molar-refractivity contribution in [2.24, 2.45) is 0 Å². The number of halogens is 1. The molecule has 1 nitrogen and oxygen atoms in total. The predicted molar refractivity (Wildman–Crippen MR) is 72.6 cm³/mol. The molecule has 92 valence electrons. The Morgan fingerprint density at radius 2 is 1.78 bits per heavy atom. The summed E-state index contributed by atoms with van der Waals surface area (Å²) >= 11 is 0. The van der Waals surface area contributed by atoms with Gasteiger partial charge in [-0.1, -0.05) is 42.5 Å². The molecule has 0 aliphatic rings. The van der Waals surface area contributed by atoms with Crippen molar-refractivity contribution in [3.8, 4) is 11.1 Å². The number of aliphatic hydroxyl groups is 1. The zero-order chi connectivity index (χ0) is 13.0. The van der Waals surface area contributed by atoms with E-state index in [1.54, 1.807) is 25.1 Å². The summed E-state index contributed by atoms with van der Waals surface area (Å²) in [6.07, 6.45) is 3.14. The lowest BCUT2D eigenvalue weighted by atomic mass is 10.0. The Labute approximate surface area is 106 Å². The van der Waals surface area contributed by atoms with Crippen molar-refractivity contribution in [3.05, 3.63) is 66.0 Å². The summed E-state index contributed by atoms with van der Waals surface area (Å²) in [6.45, 7) is 1.71. The minimum atomic E-state index is -0.459. The summed E-state index contributed by atoms with van der Waals surface area (Å²) < 4.78 is 12.9. The Hall–Kier alpha value is -1.93. The van der Waals surface area contributed by atoms with Crippen molar-refractivity contribution in [2.45, 2.75) is 13.0 Å². The van der Waals surface area contributed by atoms with Crippen LogP contribution in [0.15, 0.2) is 54.6 Å². The lowest BCUT2D eigenvalue weighted by Crippen LogP contribution is -1.91. The molecule has 0 fully saturated rings. The van der Waals surface area contributed by atoms with E-state index in [9.17, 15) is 9.50 Å². The molecule has 2 rings (SSSR count). The van der Waals surface area contributed by atoms with Gasteiger partial charge in [-0.05, 0) is 41.8 Å². The average molecular weight is 242 g/mol. The maximum absolute atomic E-state index is 12.9. The van der Waals surface area contributed by atoms with E-state index in [0.717, 1.165) is 16.7 Å². The molecule has 0 saturated heterocycles. The van der Waals surface area contributed by atoms with Crippen LogP contribution in [0.4, 0.5) is 4.39 Å². The van der Waals surface area contributed by atoms with Crippen molar-refractivity contribution in [2.75, 3.05) is 0 Å². The highest BCUT2D eigenvalue weighted by Crippen LogP contribution is 2.21. The van der Waals surface area contributed by atoms with Crippen LogP contribution in [0.25, 0.3) is 17.2 Å². The highest BCUT2D eigenvalue weighted by atomic mass is 19.1. The van der Waals surface area contributed by atoms with Crippen molar-refractivity contribution < 1.29 is 9.50 Å². The topological polar surface area (TPSA) is 20.2 Å². The zero-order valence-electron chi connectivity index (χ0n) is 10.2. The highest BCUT2D eigenvalue weighted by Gasteiger charge is 1.98. The first-order chi connectivity index (χ1) is 8.65. The predicted octanol–water partition coefficient (Wildman–Crippen LogP) is 3.89. The standard InChI is InChI=1S/C16H15FO/c1-12(18)5-6-13-3-2-4-15(11-13)14-7-9-16(17)10-8-14/h2-12,18H,1H3/t12-/m1/s1. The molecular weight excluding hydrogens is 227 g/mol. The van der Waals surface area contributed by atoms with Crippen molar-refractivity contribution in [1.82, 2.24) is 0 Å². The van der Waals surface area contributed by atoms with Gasteiger partial charge in [0.1, 0.15) is 5.82 Å². The van der Waals surface area contributed by atoms with Gasteiger partial charge in [0.05, 0.1) is 6.10 Å². The Kier molecular flexibility index (Phi) is 3.90. The lowest BCUT2D eigenvalue weighted by Gasteiger charge is -2.03. The van der Waals surface area contributed by atoms with Gasteiger partial charge >= 0.3 is 0 Å². The largest absolute Gasteiger partial charge is 0.389 e. The second-order valence-corrected chi connectivity index (χ2v) is 4.23. The molecule has 18 heavy (non-hydrogen) atoms. The summed E-state index contributed by atoms with van der Waals surface area (Å²) in [5.41, 5.74) is 3.02. The summed E-state index contributed by atoms with van der Waals surface area (Å²) in [7, 11) is 0. The van der Waals surface area contributed by atoms with Crippen LogP contribution in [0.1, 0.15) is 12.5 Å². The quantitative estimate of drug-likeness (QED) is 0.865. The van der Waals surface area contributed by atoms with Gasteiger partial charge in [0, 0.05) is 0 Å². The fourth-order valence-corrected chi connectivity index (χ4v) is 1.71. The summed E-state index contributed by atoms with van der Waals surface area (Å²) in [6, 6.07) is 14.3. The first-order valence-electron chi connectivity index (χ1n) is 5.87. The minimum absolute atomic E-state index is 0.232. The van der Waals surface area contributed by atoms with Gasteiger partial charge in [0.15, 0.2) is 0 Å². The normalized spacial score (nSPS) is 12.8. The number of hydrogen-bond donors (Lipinski definition) is 1. The maximum atomic E-state index is 12.9. The van der Waals surface area contributed by atoms with Gasteiger partial charge in [0.25, 0.3) is 0 Å². The van der Waals surface area contributed by atoms with Crippen molar-refractivity contribution >= 4 is 6.08 Å². The summed E-state index contributed by atoms with van der Waals surface area (Å²) in [5.74, 6) is -0.232. The second kappa shape index (κ2) is 5.61. The lowest BCUT2D eigenvalue weighted by molar-refractivity contribution is 0.245. The van der Waals surface area contributed by atoms with Gasteiger partial charge in [-0.25, -0.2) is 4.39 Å². The molecule has 0 saturated carbocycles. The molecule has 0 heterocycles. The van der Waals surface area contributed by atoms with E-state index in [0.29, 0.717) is 0 Å². The molecule has 0 radical (unpaired) electrons. The Bertz CT molecular complexity index is 541. The Morgan fingerprint density at radius 3 is 2.44 bits per heavy atom. The zero-order valence-corrected chi connectivity index (χ0v) is 10.2. The fourth-order valence-electron chi connectivity index (χ4n) is 1.71. The molecule has 0 bridgehead atoms. The molecule has 0 aromatic heterocycles. The monoisotopic (exact) mass is 242 g/mol. The Morgan fingerprint density at radius 1 is 1.06 bits per heavy atom.